The van der Waals surface area contributed by atoms with E-state index in [4.69, 9.17) is 10.5 Å². The fourth-order valence-electron chi connectivity index (χ4n) is 2.32. The highest BCUT2D eigenvalue weighted by Gasteiger charge is 2.41. The van der Waals surface area contributed by atoms with Crippen LogP contribution in [0.3, 0.4) is 0 Å². The third-order valence-electron chi connectivity index (χ3n) is 3.50. The van der Waals surface area contributed by atoms with Gasteiger partial charge in [-0.1, -0.05) is 6.92 Å². The maximum absolute atomic E-state index is 11.7. The van der Waals surface area contributed by atoms with Crippen molar-refractivity contribution in [3.05, 3.63) is 0 Å². The SMILES string of the molecule is CC(CN)CC(=O)NC1CCOC1C1CC1. The van der Waals surface area contributed by atoms with Crippen LogP contribution in [-0.2, 0) is 9.53 Å². The number of nitrogens with one attached hydrogen (secondary N) is 1. The van der Waals surface area contributed by atoms with Crippen LogP contribution >= 0.6 is 0 Å². The molecule has 1 heterocycles. The molecule has 4 heteroatoms. The van der Waals surface area contributed by atoms with Gasteiger partial charge in [0.05, 0.1) is 12.1 Å². The lowest BCUT2D eigenvalue weighted by atomic mass is 10.0. The number of carbonyl (C=O) groups is 1. The molecule has 0 aromatic carbocycles. The summed E-state index contributed by atoms with van der Waals surface area (Å²) in [6.07, 6.45) is 4.29. The molecular formula is C12H22N2O2. The summed E-state index contributed by atoms with van der Waals surface area (Å²) in [4.78, 5) is 11.7. The minimum absolute atomic E-state index is 0.124. The van der Waals surface area contributed by atoms with E-state index in [9.17, 15) is 4.79 Å². The summed E-state index contributed by atoms with van der Waals surface area (Å²) >= 11 is 0. The Morgan fingerprint density at radius 3 is 2.88 bits per heavy atom. The fourth-order valence-corrected chi connectivity index (χ4v) is 2.32. The van der Waals surface area contributed by atoms with Crippen molar-refractivity contribution in [3.63, 3.8) is 0 Å². The van der Waals surface area contributed by atoms with E-state index in [0.717, 1.165) is 13.0 Å². The Morgan fingerprint density at radius 2 is 2.25 bits per heavy atom. The Morgan fingerprint density at radius 1 is 1.50 bits per heavy atom. The molecule has 2 aliphatic rings. The molecule has 2 fully saturated rings. The van der Waals surface area contributed by atoms with Gasteiger partial charge in [0.25, 0.3) is 0 Å². The molecule has 1 saturated heterocycles. The van der Waals surface area contributed by atoms with Crippen LogP contribution in [0.15, 0.2) is 0 Å². The number of hydrogen-bond donors (Lipinski definition) is 2. The Balaban J connectivity index is 1.77. The van der Waals surface area contributed by atoms with Gasteiger partial charge >= 0.3 is 0 Å². The van der Waals surface area contributed by atoms with Gasteiger partial charge in [-0.25, -0.2) is 0 Å². The molecule has 1 aliphatic heterocycles. The molecule has 3 atom stereocenters. The van der Waals surface area contributed by atoms with Crippen LogP contribution in [-0.4, -0.2) is 31.2 Å². The molecule has 0 aromatic rings. The number of ether oxygens (including phenoxy) is 1. The summed E-state index contributed by atoms with van der Waals surface area (Å²) in [5, 5.41) is 3.10. The second-order valence-corrected chi connectivity index (χ2v) is 5.18. The van der Waals surface area contributed by atoms with E-state index >= 15 is 0 Å². The van der Waals surface area contributed by atoms with Gasteiger partial charge in [-0.05, 0) is 37.6 Å². The molecule has 1 aliphatic carbocycles. The van der Waals surface area contributed by atoms with E-state index in [2.05, 4.69) is 5.32 Å². The van der Waals surface area contributed by atoms with Crippen LogP contribution in [0.1, 0.15) is 32.6 Å². The minimum atomic E-state index is 0.124. The highest BCUT2D eigenvalue weighted by Crippen LogP contribution is 2.38. The van der Waals surface area contributed by atoms with Gasteiger partial charge in [0.2, 0.25) is 5.91 Å². The van der Waals surface area contributed by atoms with Crippen LogP contribution in [0.4, 0.5) is 0 Å². The molecule has 3 unspecified atom stereocenters. The summed E-state index contributed by atoms with van der Waals surface area (Å²) < 4.78 is 5.68. The van der Waals surface area contributed by atoms with Crippen LogP contribution in [0, 0.1) is 11.8 Å². The summed E-state index contributed by atoms with van der Waals surface area (Å²) in [5.74, 6) is 1.08. The van der Waals surface area contributed by atoms with Gasteiger partial charge < -0.3 is 15.8 Å². The zero-order valence-electron chi connectivity index (χ0n) is 9.95. The Kier molecular flexibility index (Phi) is 3.82. The summed E-state index contributed by atoms with van der Waals surface area (Å²) in [7, 11) is 0. The third-order valence-corrected chi connectivity index (χ3v) is 3.50. The maximum Gasteiger partial charge on any atom is 0.220 e. The normalized spacial score (nSPS) is 31.4. The highest BCUT2D eigenvalue weighted by atomic mass is 16.5. The molecule has 1 saturated carbocycles. The van der Waals surface area contributed by atoms with Gasteiger partial charge in [0.15, 0.2) is 0 Å². The van der Waals surface area contributed by atoms with Crippen LogP contribution in [0.5, 0.6) is 0 Å². The van der Waals surface area contributed by atoms with E-state index in [1.165, 1.54) is 12.8 Å². The van der Waals surface area contributed by atoms with E-state index in [1.807, 2.05) is 6.92 Å². The van der Waals surface area contributed by atoms with Crippen molar-refractivity contribution in [2.45, 2.75) is 44.8 Å². The molecule has 92 valence electrons. The van der Waals surface area contributed by atoms with Crippen LogP contribution in [0.2, 0.25) is 0 Å². The molecule has 0 radical (unpaired) electrons. The number of hydrogen-bond acceptors (Lipinski definition) is 3. The van der Waals surface area contributed by atoms with Gasteiger partial charge in [-0.15, -0.1) is 0 Å². The lowest BCUT2D eigenvalue weighted by Gasteiger charge is -2.20. The zero-order chi connectivity index (χ0) is 11.5. The number of amides is 1. The minimum Gasteiger partial charge on any atom is -0.376 e. The second-order valence-electron chi connectivity index (χ2n) is 5.18. The molecule has 1 amide bonds. The van der Waals surface area contributed by atoms with Crippen molar-refractivity contribution in [2.24, 2.45) is 17.6 Å². The topological polar surface area (TPSA) is 64.4 Å². The number of nitrogens with two attached hydrogens (primary N) is 1. The monoisotopic (exact) mass is 226 g/mol. The van der Waals surface area contributed by atoms with E-state index in [0.29, 0.717) is 18.9 Å². The summed E-state index contributed by atoms with van der Waals surface area (Å²) in [6, 6.07) is 0.241. The smallest absolute Gasteiger partial charge is 0.220 e. The van der Waals surface area contributed by atoms with Gasteiger partial charge in [0, 0.05) is 13.0 Å². The zero-order valence-corrected chi connectivity index (χ0v) is 9.95. The van der Waals surface area contributed by atoms with E-state index in [-0.39, 0.29) is 24.0 Å². The van der Waals surface area contributed by atoms with Gasteiger partial charge in [-0.3, -0.25) is 4.79 Å². The molecule has 16 heavy (non-hydrogen) atoms. The Labute approximate surface area is 96.9 Å². The predicted octanol–water partition coefficient (Wildman–Crippen LogP) is 0.655. The fraction of sp³-hybridized carbons (Fsp3) is 0.917. The highest BCUT2D eigenvalue weighted by molar-refractivity contribution is 5.76. The van der Waals surface area contributed by atoms with Crippen LogP contribution in [0.25, 0.3) is 0 Å². The number of rotatable bonds is 5. The van der Waals surface area contributed by atoms with E-state index in [1.54, 1.807) is 0 Å². The second kappa shape index (κ2) is 5.15. The molecule has 2 rings (SSSR count). The first-order chi connectivity index (χ1) is 7.70. The van der Waals surface area contributed by atoms with Gasteiger partial charge in [0.1, 0.15) is 0 Å². The van der Waals surface area contributed by atoms with Crippen molar-refractivity contribution in [3.8, 4) is 0 Å². The van der Waals surface area contributed by atoms with Crippen LogP contribution < -0.4 is 11.1 Å². The van der Waals surface area contributed by atoms with Crippen molar-refractivity contribution >= 4 is 5.91 Å². The van der Waals surface area contributed by atoms with Crippen molar-refractivity contribution in [1.82, 2.24) is 5.32 Å². The van der Waals surface area contributed by atoms with E-state index < -0.39 is 0 Å². The maximum atomic E-state index is 11.7. The average Bonchev–Trinajstić information content (AvgIpc) is 3.00. The predicted molar refractivity (Wildman–Crippen MR) is 61.8 cm³/mol. The van der Waals surface area contributed by atoms with Crippen molar-refractivity contribution in [1.29, 1.82) is 0 Å². The first-order valence-corrected chi connectivity index (χ1v) is 6.31. The number of carbonyl (C=O) groups excluding carboxylic acids is 1. The molecule has 0 aromatic heterocycles. The molecule has 0 spiro atoms. The summed E-state index contributed by atoms with van der Waals surface area (Å²) in [5.41, 5.74) is 5.51. The molecule has 4 nitrogen and oxygen atoms in total. The van der Waals surface area contributed by atoms with Crippen molar-refractivity contribution in [2.75, 3.05) is 13.2 Å². The molecular weight excluding hydrogens is 204 g/mol. The standard InChI is InChI=1S/C12H22N2O2/c1-8(7-13)6-11(15)14-10-4-5-16-12(10)9-2-3-9/h8-10,12H,2-7,13H2,1H3,(H,14,15). The quantitative estimate of drug-likeness (QED) is 0.723. The molecule has 0 bridgehead atoms. The largest absolute Gasteiger partial charge is 0.376 e. The first-order valence-electron chi connectivity index (χ1n) is 6.31. The lowest BCUT2D eigenvalue weighted by Crippen LogP contribution is -2.42. The Hall–Kier alpha value is -0.610. The van der Waals surface area contributed by atoms with Gasteiger partial charge in [-0.2, -0.15) is 0 Å². The molecule has 3 N–H and O–H groups in total. The average molecular weight is 226 g/mol. The Bertz CT molecular complexity index is 253. The summed E-state index contributed by atoms with van der Waals surface area (Å²) in [6.45, 7) is 3.36. The van der Waals surface area contributed by atoms with Crippen molar-refractivity contribution < 1.29 is 9.53 Å². The lowest BCUT2D eigenvalue weighted by molar-refractivity contribution is -0.123. The third kappa shape index (κ3) is 2.95. The first kappa shape index (κ1) is 11.9.